The van der Waals surface area contributed by atoms with E-state index in [4.69, 9.17) is 25.4 Å². The zero-order chi connectivity index (χ0) is 27.4. The quantitative estimate of drug-likeness (QED) is 0.211. The van der Waals surface area contributed by atoms with Crippen molar-refractivity contribution < 1.29 is 28.6 Å². The van der Waals surface area contributed by atoms with Gasteiger partial charge in [-0.3, -0.25) is 19.8 Å². The van der Waals surface area contributed by atoms with Crippen molar-refractivity contribution in [3.8, 4) is 11.5 Å². The Labute approximate surface area is 228 Å². The van der Waals surface area contributed by atoms with E-state index in [1.807, 2.05) is 30.3 Å². The number of amides is 3. The molecule has 39 heavy (non-hydrogen) atoms. The second-order valence-corrected chi connectivity index (χ2v) is 10.0. The Morgan fingerprint density at radius 2 is 1.85 bits per heavy atom. The smallest absolute Gasteiger partial charge is 0.248 e. The number of carbonyl (C=O) groups excluding carboxylic acids is 3. The number of carbonyl (C=O) groups is 3. The van der Waals surface area contributed by atoms with Crippen LogP contribution in [0.25, 0.3) is 0 Å². The second-order valence-electron chi connectivity index (χ2n) is 9.09. The maximum absolute atomic E-state index is 13.5. The SMILES string of the molecule is N=C(N)c1csc(NC(=O)[C@@H]2CC3(CN2C(=O)CN(C=O)c2ccc(Oc4ccccc4)cc2)OCCO3)c1. The summed E-state index contributed by atoms with van der Waals surface area (Å²) in [5.41, 5.74) is 6.52. The number of amidine groups is 1. The van der Waals surface area contributed by atoms with Gasteiger partial charge in [-0.1, -0.05) is 18.2 Å². The van der Waals surface area contributed by atoms with Gasteiger partial charge in [-0.2, -0.15) is 0 Å². The number of nitrogens with zero attached hydrogens (tertiary/aromatic N) is 2. The average Bonchev–Trinajstić information content (AvgIpc) is 3.69. The van der Waals surface area contributed by atoms with Crippen LogP contribution in [0.15, 0.2) is 66.0 Å². The molecule has 202 valence electrons. The lowest BCUT2D eigenvalue weighted by Gasteiger charge is -2.26. The van der Waals surface area contributed by atoms with Crippen molar-refractivity contribution in [3.05, 3.63) is 71.6 Å². The number of anilines is 2. The molecule has 12 heteroatoms. The van der Waals surface area contributed by atoms with Crippen LogP contribution >= 0.6 is 11.3 Å². The maximum atomic E-state index is 13.5. The maximum Gasteiger partial charge on any atom is 0.248 e. The largest absolute Gasteiger partial charge is 0.457 e. The lowest BCUT2D eigenvalue weighted by atomic mass is 10.1. The van der Waals surface area contributed by atoms with Gasteiger partial charge < -0.3 is 35.1 Å². The van der Waals surface area contributed by atoms with Crippen LogP contribution < -0.4 is 20.7 Å². The van der Waals surface area contributed by atoms with Crippen molar-refractivity contribution in [3.63, 3.8) is 0 Å². The Kier molecular flexibility index (Phi) is 7.59. The molecule has 0 aliphatic carbocycles. The minimum absolute atomic E-state index is 0.0591. The van der Waals surface area contributed by atoms with Crippen molar-refractivity contribution in [2.75, 3.05) is 36.5 Å². The first kappa shape index (κ1) is 26.4. The van der Waals surface area contributed by atoms with Crippen molar-refractivity contribution >= 4 is 46.1 Å². The molecule has 3 aromatic rings. The summed E-state index contributed by atoms with van der Waals surface area (Å²) in [6, 6.07) is 16.8. The molecule has 3 heterocycles. The van der Waals surface area contributed by atoms with Gasteiger partial charge in [0.15, 0.2) is 5.79 Å². The Morgan fingerprint density at radius 3 is 2.49 bits per heavy atom. The highest BCUT2D eigenvalue weighted by molar-refractivity contribution is 7.14. The number of para-hydroxylation sites is 1. The number of likely N-dealkylation sites (tertiary alicyclic amines) is 1. The van der Waals surface area contributed by atoms with Gasteiger partial charge in [-0.05, 0) is 42.5 Å². The molecule has 0 radical (unpaired) electrons. The number of thiophene rings is 1. The summed E-state index contributed by atoms with van der Waals surface area (Å²) in [5.74, 6) is -0.770. The predicted molar refractivity (Wildman–Crippen MR) is 145 cm³/mol. The van der Waals surface area contributed by atoms with Gasteiger partial charge in [0.05, 0.1) is 24.8 Å². The van der Waals surface area contributed by atoms with Gasteiger partial charge in [0.1, 0.15) is 29.9 Å². The van der Waals surface area contributed by atoms with Crippen molar-refractivity contribution in [1.82, 2.24) is 4.90 Å². The second kappa shape index (κ2) is 11.2. The zero-order valence-electron chi connectivity index (χ0n) is 20.9. The van der Waals surface area contributed by atoms with Crippen molar-refractivity contribution in [2.45, 2.75) is 18.2 Å². The average molecular weight is 550 g/mol. The summed E-state index contributed by atoms with van der Waals surface area (Å²) >= 11 is 1.23. The minimum atomic E-state index is -1.07. The summed E-state index contributed by atoms with van der Waals surface area (Å²) in [6.45, 7) is 0.502. The van der Waals surface area contributed by atoms with E-state index in [9.17, 15) is 14.4 Å². The first-order valence-corrected chi connectivity index (χ1v) is 13.1. The molecule has 5 rings (SSSR count). The molecule has 4 N–H and O–H groups in total. The van der Waals surface area contributed by atoms with Gasteiger partial charge in [0.2, 0.25) is 18.2 Å². The summed E-state index contributed by atoms with van der Waals surface area (Å²) in [4.78, 5) is 41.4. The fraction of sp³-hybridized carbons (Fsp3) is 0.259. The molecule has 2 aliphatic heterocycles. The fourth-order valence-electron chi connectivity index (χ4n) is 4.55. The molecule has 2 fully saturated rings. The number of hydrogen-bond donors (Lipinski definition) is 3. The molecule has 1 aromatic heterocycles. The lowest BCUT2D eigenvalue weighted by Crippen LogP contribution is -2.47. The zero-order valence-corrected chi connectivity index (χ0v) is 21.7. The molecular weight excluding hydrogens is 522 g/mol. The molecule has 0 bridgehead atoms. The number of benzene rings is 2. The molecule has 2 aliphatic rings. The Bertz CT molecular complexity index is 1360. The van der Waals surface area contributed by atoms with Crippen LogP contribution in [0.2, 0.25) is 0 Å². The van der Waals surface area contributed by atoms with Crippen LogP contribution in [-0.2, 0) is 23.9 Å². The van der Waals surface area contributed by atoms with Crippen LogP contribution in [0, 0.1) is 5.41 Å². The molecule has 2 saturated heterocycles. The molecule has 1 spiro atoms. The van der Waals surface area contributed by atoms with Crippen LogP contribution in [0.3, 0.4) is 0 Å². The van der Waals surface area contributed by atoms with E-state index in [-0.39, 0.29) is 25.3 Å². The van der Waals surface area contributed by atoms with E-state index in [1.54, 1.807) is 35.7 Å². The third kappa shape index (κ3) is 5.93. The summed E-state index contributed by atoms with van der Waals surface area (Å²) < 4.78 is 17.4. The molecule has 0 unspecified atom stereocenters. The number of nitrogen functional groups attached to an aromatic ring is 1. The van der Waals surface area contributed by atoms with E-state index in [0.717, 1.165) is 0 Å². The van der Waals surface area contributed by atoms with Crippen molar-refractivity contribution in [2.24, 2.45) is 5.73 Å². The lowest BCUT2D eigenvalue weighted by molar-refractivity contribution is -0.152. The van der Waals surface area contributed by atoms with E-state index < -0.39 is 23.6 Å². The Morgan fingerprint density at radius 1 is 1.15 bits per heavy atom. The molecule has 1 atom stereocenters. The first-order chi connectivity index (χ1) is 18.9. The van der Waals surface area contributed by atoms with E-state index in [2.05, 4.69) is 5.32 Å². The molecule has 2 aromatic carbocycles. The first-order valence-electron chi connectivity index (χ1n) is 12.2. The predicted octanol–water partition coefficient (Wildman–Crippen LogP) is 2.77. The summed E-state index contributed by atoms with van der Waals surface area (Å²) in [5, 5.41) is 12.5. The molecule has 11 nitrogen and oxygen atoms in total. The van der Waals surface area contributed by atoms with Crippen molar-refractivity contribution in [1.29, 1.82) is 5.41 Å². The van der Waals surface area contributed by atoms with Crippen LogP contribution in [0.1, 0.15) is 12.0 Å². The van der Waals surface area contributed by atoms with E-state index in [0.29, 0.717) is 47.4 Å². The van der Waals surface area contributed by atoms with E-state index in [1.165, 1.54) is 21.1 Å². The Balaban J connectivity index is 1.28. The van der Waals surface area contributed by atoms with Crippen LogP contribution in [-0.4, -0.2) is 67.1 Å². The molecule has 0 saturated carbocycles. The Hall–Kier alpha value is -4.26. The van der Waals surface area contributed by atoms with Gasteiger partial charge >= 0.3 is 0 Å². The third-order valence-corrected chi connectivity index (χ3v) is 7.31. The standard InChI is InChI=1S/C27H27N5O6S/c28-25(29)18-12-23(39-15-18)30-26(35)22-13-27(36-10-11-37-27)16-32(22)24(34)14-31(17-33)19-6-8-21(9-7-19)38-20-4-2-1-3-5-20/h1-9,12,15,17,22H,10-11,13-14,16H2,(H3,28,29)(H,30,35)/t22-/m0/s1. The monoisotopic (exact) mass is 549 g/mol. The summed E-state index contributed by atoms with van der Waals surface area (Å²) in [6.07, 6.45) is 0.728. The highest BCUT2D eigenvalue weighted by atomic mass is 32.1. The normalized spacial score (nSPS) is 17.6. The van der Waals surface area contributed by atoms with Gasteiger partial charge in [-0.15, -0.1) is 11.3 Å². The van der Waals surface area contributed by atoms with Gasteiger partial charge in [0.25, 0.3) is 0 Å². The topological polar surface area (TPSA) is 147 Å². The van der Waals surface area contributed by atoms with E-state index >= 15 is 0 Å². The fourth-order valence-corrected chi connectivity index (χ4v) is 5.35. The highest BCUT2D eigenvalue weighted by Gasteiger charge is 2.52. The summed E-state index contributed by atoms with van der Waals surface area (Å²) in [7, 11) is 0. The molecule has 3 amide bonds. The minimum Gasteiger partial charge on any atom is -0.457 e. The van der Waals surface area contributed by atoms with Gasteiger partial charge in [0, 0.05) is 23.1 Å². The number of ether oxygens (including phenoxy) is 3. The van der Waals surface area contributed by atoms with Crippen LogP contribution in [0.5, 0.6) is 11.5 Å². The number of rotatable bonds is 9. The number of hydrogen-bond acceptors (Lipinski definition) is 8. The third-order valence-electron chi connectivity index (χ3n) is 6.47. The van der Waals surface area contributed by atoms with Gasteiger partial charge in [-0.25, -0.2) is 0 Å². The number of nitrogens with two attached hydrogens (primary N) is 1. The highest BCUT2D eigenvalue weighted by Crippen LogP contribution is 2.36. The van der Waals surface area contributed by atoms with Crippen LogP contribution in [0.4, 0.5) is 10.7 Å². The molecular formula is C27H27N5O6S. The number of nitrogens with one attached hydrogen (secondary N) is 2.